The van der Waals surface area contributed by atoms with Crippen molar-refractivity contribution in [3.63, 3.8) is 0 Å². The number of rotatable bonds is 0. The van der Waals surface area contributed by atoms with Crippen LogP contribution >= 0.6 is 15.6 Å². The van der Waals surface area contributed by atoms with Gasteiger partial charge < -0.3 is 38.5 Å². The van der Waals surface area contributed by atoms with Crippen LogP contribution in [-0.2, 0) is 9.13 Å². The van der Waals surface area contributed by atoms with Crippen LogP contribution in [0.3, 0.4) is 0 Å². The van der Waals surface area contributed by atoms with E-state index >= 15 is 0 Å². The quantitative estimate of drug-likeness (QED) is 0.299. The Morgan fingerprint density at radius 1 is 0.500 bits per heavy atom. The van der Waals surface area contributed by atoms with E-state index < -0.39 is 15.6 Å². The Bertz CT molecular complexity index is 141. The molecule has 0 aliphatic heterocycles. The Morgan fingerprint density at radius 2 is 0.500 bits per heavy atom. The molecule has 16 heavy (non-hydrogen) atoms. The summed E-state index contributed by atoms with van der Waals surface area (Å²) in [7, 11) is -10.8. The maximum Gasteiger partial charge on any atom is 2.00 e. The van der Waals surface area contributed by atoms with Gasteiger partial charge >= 0.3 is 113 Å². The van der Waals surface area contributed by atoms with Crippen molar-refractivity contribution in [1.29, 1.82) is 0 Å². The first-order valence-electron chi connectivity index (χ1n) is 1.46. The largest absolute Gasteiger partial charge is 2.00 e. The van der Waals surface area contributed by atoms with Gasteiger partial charge in [-0.25, -0.2) is 0 Å². The van der Waals surface area contributed by atoms with Crippen LogP contribution in [0.25, 0.3) is 0 Å². The van der Waals surface area contributed by atoms with E-state index in [0.717, 1.165) is 0 Å². The zero-order valence-corrected chi connectivity index (χ0v) is 15.9. The van der Waals surface area contributed by atoms with Crippen molar-refractivity contribution in [1.82, 2.24) is 0 Å². The van der Waals surface area contributed by atoms with Crippen molar-refractivity contribution in [2.24, 2.45) is 0 Å². The van der Waals surface area contributed by atoms with E-state index in [1.165, 1.54) is 0 Å². The first-order chi connectivity index (χ1) is 4.00. The Hall–Kier alpha value is 3.79. The first kappa shape index (κ1) is 50.3. The average molecular weight is 370 g/mol. The zero-order valence-electron chi connectivity index (χ0n) is 7.51. The van der Waals surface area contributed by atoms with E-state index in [1.54, 1.807) is 0 Å². The second-order valence-electron chi connectivity index (χ2n) is 0.894. The summed E-state index contributed by atoms with van der Waals surface area (Å²) in [6.45, 7) is 0. The summed E-state index contributed by atoms with van der Waals surface area (Å²) in [6, 6.07) is 0. The molecule has 16 heteroatoms. The maximum absolute atomic E-state index is 8.55. The Balaban J connectivity index is -0.00000000970. The second-order valence-corrected chi connectivity index (χ2v) is 2.68. The van der Waals surface area contributed by atoms with Gasteiger partial charge in [0.2, 0.25) is 0 Å². The molecule has 0 heterocycles. The normalized spacial score (nSPS) is 7.38. The number of halogens is 3. The summed E-state index contributed by atoms with van der Waals surface area (Å²) in [5.74, 6) is 0. The van der Waals surface area contributed by atoms with Gasteiger partial charge in [0.05, 0.1) is 0 Å². The summed E-state index contributed by atoms with van der Waals surface area (Å²) in [4.78, 5) is 51.3. The third kappa shape index (κ3) is 349. The topological polar surface area (TPSA) is 172 Å². The zero-order chi connectivity index (χ0) is 9.00. The molecule has 88 valence electrons. The van der Waals surface area contributed by atoms with E-state index in [4.69, 9.17) is 38.5 Å². The molecule has 0 radical (unpaired) electrons. The monoisotopic (exact) mass is 370 g/mol. The van der Waals surface area contributed by atoms with Gasteiger partial charge in [-0.15, -0.1) is 0 Å². The molecule has 0 N–H and O–H groups in total. The molecular weight excluding hydrogens is 367 g/mol. The summed E-state index contributed by atoms with van der Waals surface area (Å²) in [6.07, 6.45) is 0. The molecule has 0 aromatic heterocycles. The fraction of sp³-hybridized carbons (Fsp3) is 0. The molecule has 0 fully saturated rings. The molecule has 0 aromatic carbocycles. The van der Waals surface area contributed by atoms with Crippen LogP contribution in [0.1, 0.15) is 0 Å². The summed E-state index contributed by atoms with van der Waals surface area (Å²) in [5, 5.41) is 0. The molecule has 0 saturated heterocycles. The first-order valence-corrected chi connectivity index (χ1v) is 4.38. The Kier molecular flexibility index (Phi) is 74.9. The van der Waals surface area contributed by atoms with Crippen molar-refractivity contribution in [2.45, 2.75) is 0 Å². The number of hydrogen-bond donors (Lipinski definition) is 0. The third-order valence-electron chi connectivity index (χ3n) is 0. The van der Waals surface area contributed by atoms with E-state index in [9.17, 15) is 0 Å². The van der Waals surface area contributed by atoms with Crippen LogP contribution in [0.15, 0.2) is 0 Å². The van der Waals surface area contributed by atoms with Gasteiger partial charge in [0.25, 0.3) is 0 Å². The molecule has 0 aromatic rings. The van der Waals surface area contributed by atoms with Gasteiger partial charge in [-0.2, -0.15) is 15.6 Å². The second kappa shape index (κ2) is 23.9. The van der Waals surface area contributed by atoms with E-state index in [0.29, 0.717) is 0 Å². The summed E-state index contributed by atoms with van der Waals surface area (Å²) in [5.41, 5.74) is 0. The van der Waals surface area contributed by atoms with Crippen molar-refractivity contribution >= 4 is 129 Å². The predicted octanol–water partition coefficient (Wildman–Crippen LogP) is -6.33. The molecule has 0 spiro atoms. The SMILES string of the molecule is F.F.F.O=P([O-])([O-])[O-].O=P([O-])([O-])[O-].[Ca+2].[Ca+2].[Ca+2]. The average Bonchev–Trinajstić information content (AvgIpc) is 1.12. The van der Waals surface area contributed by atoms with Crippen LogP contribution in [0.4, 0.5) is 14.1 Å². The van der Waals surface area contributed by atoms with E-state index in [-0.39, 0.29) is 127 Å². The Morgan fingerprint density at radius 3 is 0.500 bits per heavy atom. The molecule has 0 bridgehead atoms. The van der Waals surface area contributed by atoms with Gasteiger partial charge in [-0.3, -0.25) is 14.1 Å². The summed E-state index contributed by atoms with van der Waals surface area (Å²) >= 11 is 0. The van der Waals surface area contributed by atoms with Gasteiger partial charge in [0.1, 0.15) is 0 Å². The molecule has 0 aliphatic carbocycles. The summed E-state index contributed by atoms with van der Waals surface area (Å²) < 4.78 is 17.1. The van der Waals surface area contributed by atoms with Gasteiger partial charge in [0, 0.05) is 0 Å². The van der Waals surface area contributed by atoms with Gasteiger partial charge in [0.15, 0.2) is 0 Å². The molecule has 0 amide bonds. The van der Waals surface area contributed by atoms with E-state index in [2.05, 4.69) is 0 Å². The number of phosphoric acid groups is 2. The molecule has 0 atom stereocenters. The van der Waals surface area contributed by atoms with Crippen molar-refractivity contribution in [2.75, 3.05) is 0 Å². The van der Waals surface area contributed by atoms with E-state index in [1.807, 2.05) is 0 Å². The third-order valence-corrected chi connectivity index (χ3v) is 0. The molecule has 8 nitrogen and oxygen atoms in total. The fourth-order valence-corrected chi connectivity index (χ4v) is 0. The number of hydrogen-bond acceptors (Lipinski definition) is 8. The molecule has 0 unspecified atom stereocenters. The minimum absolute atomic E-state index is 0. The molecular formula is H3Ca3F3O8P2. The molecule has 0 aliphatic rings. The minimum atomic E-state index is -5.39. The van der Waals surface area contributed by atoms with Crippen molar-refractivity contribution < 1.29 is 52.6 Å². The van der Waals surface area contributed by atoms with Crippen LogP contribution in [0.2, 0.25) is 0 Å². The van der Waals surface area contributed by atoms with Crippen molar-refractivity contribution in [3.8, 4) is 0 Å². The minimum Gasteiger partial charge on any atom is -0.822 e. The van der Waals surface area contributed by atoms with Crippen LogP contribution in [-0.4, -0.2) is 113 Å². The predicted molar refractivity (Wildman–Crippen MR) is 40.0 cm³/mol. The fourth-order valence-electron chi connectivity index (χ4n) is 0. The van der Waals surface area contributed by atoms with Gasteiger partial charge in [-0.05, 0) is 0 Å². The maximum atomic E-state index is 8.55. The molecule has 0 saturated carbocycles. The van der Waals surface area contributed by atoms with Crippen LogP contribution in [0.5, 0.6) is 0 Å². The van der Waals surface area contributed by atoms with Crippen LogP contribution in [0, 0.1) is 0 Å². The van der Waals surface area contributed by atoms with Gasteiger partial charge in [-0.1, -0.05) is 0 Å². The molecule has 0 rings (SSSR count). The van der Waals surface area contributed by atoms with Crippen molar-refractivity contribution in [3.05, 3.63) is 0 Å². The van der Waals surface area contributed by atoms with Crippen LogP contribution < -0.4 is 29.4 Å². The standard InChI is InChI=1S/3Ca.3FH.2H3O4P/c;;;;;;2*1-5(2,3)4/h;;;3*1H;2*(H3,1,2,3,4)/q3*+2;;;;;/p-6. The Labute approximate surface area is 178 Å². The smallest absolute Gasteiger partial charge is 0.822 e.